The van der Waals surface area contributed by atoms with Crippen LogP contribution in [0.5, 0.6) is 23.0 Å². The fourth-order valence-corrected chi connectivity index (χ4v) is 7.88. The van der Waals surface area contributed by atoms with Gasteiger partial charge in [0.25, 0.3) is 0 Å². The van der Waals surface area contributed by atoms with Crippen LogP contribution in [0.1, 0.15) is 0 Å². The number of thiazole rings is 2. The van der Waals surface area contributed by atoms with Crippen LogP contribution in [0, 0.1) is 0 Å². The SMILES string of the molecule is CS(=O)c1nc2ccc(Oc3ccnc4ccccc34)cc2s1.CSc1nc2ccc(Oc3ccnc4ccccc34)cc2s1. The van der Waals surface area contributed by atoms with E-state index in [1.54, 1.807) is 41.7 Å². The number of para-hydroxylation sites is 2. The van der Waals surface area contributed by atoms with Crippen molar-refractivity contribution in [2.75, 3.05) is 12.5 Å². The molecule has 45 heavy (non-hydrogen) atoms. The van der Waals surface area contributed by atoms with E-state index in [9.17, 15) is 4.21 Å². The lowest BCUT2D eigenvalue weighted by Crippen LogP contribution is -1.87. The standard InChI is InChI=1S/C17H12N2O2S2.C17H12N2OS2/c1-23(20)17-19-14-7-6-11(10-16(14)22-17)21-15-8-9-18-13-5-3-2-4-12(13)15;1-21-17-19-14-7-6-11(10-16(14)22-17)20-15-8-9-18-13-5-3-2-4-12(13)15/h2-10H,1H3;2-10H,1H3. The lowest BCUT2D eigenvalue weighted by atomic mass is 10.2. The Bertz CT molecular complexity index is 2330. The van der Waals surface area contributed by atoms with Gasteiger partial charge in [0.2, 0.25) is 0 Å². The molecule has 0 saturated heterocycles. The molecule has 0 fully saturated rings. The van der Waals surface area contributed by atoms with Gasteiger partial charge in [-0.25, -0.2) is 9.97 Å². The molecule has 0 N–H and O–H groups in total. The summed E-state index contributed by atoms with van der Waals surface area (Å²) in [6, 6.07) is 31.3. The molecular formula is C34H24N4O3S4. The highest BCUT2D eigenvalue weighted by atomic mass is 32.2. The normalized spacial score (nSPS) is 11.9. The molecule has 0 amide bonds. The van der Waals surface area contributed by atoms with Crippen molar-refractivity contribution in [3.05, 3.63) is 109 Å². The molecule has 4 heterocycles. The van der Waals surface area contributed by atoms with Crippen molar-refractivity contribution >= 4 is 87.5 Å². The van der Waals surface area contributed by atoms with E-state index in [4.69, 9.17) is 9.47 Å². The monoisotopic (exact) mass is 664 g/mol. The predicted octanol–water partition coefficient (Wildman–Crippen LogP) is 9.73. The van der Waals surface area contributed by atoms with Gasteiger partial charge in [0.15, 0.2) is 8.68 Å². The minimum atomic E-state index is -1.07. The maximum atomic E-state index is 11.6. The molecule has 0 spiro atoms. The van der Waals surface area contributed by atoms with Crippen LogP contribution in [0.15, 0.2) is 118 Å². The molecule has 4 aromatic carbocycles. The number of ether oxygens (including phenoxy) is 2. The molecule has 0 bridgehead atoms. The molecular weight excluding hydrogens is 641 g/mol. The van der Waals surface area contributed by atoms with Crippen LogP contribution in [0.4, 0.5) is 0 Å². The van der Waals surface area contributed by atoms with Crippen LogP contribution in [0.2, 0.25) is 0 Å². The van der Waals surface area contributed by atoms with E-state index in [1.807, 2.05) is 103 Å². The van der Waals surface area contributed by atoms with E-state index >= 15 is 0 Å². The highest BCUT2D eigenvalue weighted by Crippen LogP contribution is 2.35. The molecule has 1 unspecified atom stereocenters. The minimum absolute atomic E-state index is 0.631. The average molecular weight is 665 g/mol. The Kier molecular flexibility index (Phi) is 8.40. The van der Waals surface area contributed by atoms with Crippen LogP contribution < -0.4 is 9.47 Å². The van der Waals surface area contributed by atoms with Crippen molar-refractivity contribution in [2.24, 2.45) is 0 Å². The Morgan fingerprint density at radius 2 is 1.18 bits per heavy atom. The largest absolute Gasteiger partial charge is 0.457 e. The molecule has 8 rings (SSSR count). The maximum Gasteiger partial charge on any atom is 0.181 e. The lowest BCUT2D eigenvalue weighted by molar-refractivity contribution is 0.488. The first-order valence-corrected chi connectivity index (χ1v) is 18.2. The van der Waals surface area contributed by atoms with E-state index in [-0.39, 0.29) is 0 Å². The third-order valence-corrected chi connectivity index (χ3v) is 11.1. The van der Waals surface area contributed by atoms with Gasteiger partial charge in [-0.15, -0.1) is 22.7 Å². The number of benzene rings is 4. The summed E-state index contributed by atoms with van der Waals surface area (Å²) in [5.74, 6) is 3.13. The molecule has 7 nitrogen and oxygen atoms in total. The van der Waals surface area contributed by atoms with E-state index in [2.05, 4.69) is 19.9 Å². The number of hydrogen-bond acceptors (Lipinski definition) is 10. The molecule has 0 saturated carbocycles. The molecule has 0 radical (unpaired) electrons. The third-order valence-electron chi connectivity index (χ3n) is 6.77. The van der Waals surface area contributed by atoms with Gasteiger partial charge in [-0.3, -0.25) is 14.2 Å². The van der Waals surface area contributed by atoms with Gasteiger partial charge in [0.05, 0.1) is 42.3 Å². The number of fused-ring (bicyclic) bond motifs is 4. The highest BCUT2D eigenvalue weighted by molar-refractivity contribution is 8.00. The smallest absolute Gasteiger partial charge is 0.181 e. The summed E-state index contributed by atoms with van der Waals surface area (Å²) in [5.41, 5.74) is 3.68. The number of nitrogens with zero attached hydrogens (tertiary/aromatic N) is 4. The molecule has 0 aliphatic heterocycles. The van der Waals surface area contributed by atoms with Gasteiger partial charge in [-0.2, -0.15) is 0 Å². The quantitative estimate of drug-likeness (QED) is 0.162. The Labute approximate surface area is 273 Å². The second-order valence-corrected chi connectivity index (χ2v) is 14.4. The van der Waals surface area contributed by atoms with Gasteiger partial charge in [-0.05, 0) is 66.9 Å². The van der Waals surface area contributed by atoms with E-state index in [0.29, 0.717) is 4.34 Å². The van der Waals surface area contributed by atoms with Crippen LogP contribution in [0.3, 0.4) is 0 Å². The van der Waals surface area contributed by atoms with Crippen molar-refractivity contribution in [3.8, 4) is 23.0 Å². The fourth-order valence-electron chi connectivity index (χ4n) is 4.68. The van der Waals surface area contributed by atoms with Crippen molar-refractivity contribution < 1.29 is 13.7 Å². The van der Waals surface area contributed by atoms with Gasteiger partial charge in [0.1, 0.15) is 23.0 Å². The summed E-state index contributed by atoms with van der Waals surface area (Å²) >= 11 is 4.78. The molecule has 1 atom stereocenters. The second kappa shape index (κ2) is 12.9. The summed E-state index contributed by atoms with van der Waals surface area (Å²) in [4.78, 5) is 17.6. The average Bonchev–Trinajstić information content (AvgIpc) is 3.69. The van der Waals surface area contributed by atoms with Gasteiger partial charge >= 0.3 is 0 Å². The Morgan fingerprint density at radius 3 is 1.73 bits per heavy atom. The third kappa shape index (κ3) is 6.38. The zero-order valence-electron chi connectivity index (χ0n) is 24.0. The molecule has 0 aliphatic rings. The number of hydrogen-bond donors (Lipinski definition) is 0. The summed E-state index contributed by atoms with van der Waals surface area (Å²) in [5, 5.41) is 1.98. The molecule has 0 aliphatic carbocycles. The molecule has 8 aromatic rings. The van der Waals surface area contributed by atoms with Crippen molar-refractivity contribution in [2.45, 2.75) is 8.68 Å². The predicted molar refractivity (Wildman–Crippen MR) is 187 cm³/mol. The van der Waals surface area contributed by atoms with E-state index in [1.165, 1.54) is 11.3 Å². The summed E-state index contributed by atoms with van der Waals surface area (Å²) in [7, 11) is -1.07. The zero-order chi connectivity index (χ0) is 30.8. The lowest BCUT2D eigenvalue weighted by Gasteiger charge is -2.08. The second-order valence-electron chi connectivity index (χ2n) is 9.73. The first-order chi connectivity index (χ1) is 22.0. The summed E-state index contributed by atoms with van der Waals surface area (Å²) in [6.07, 6.45) is 7.19. The van der Waals surface area contributed by atoms with Crippen LogP contribution in [-0.2, 0) is 10.8 Å². The highest BCUT2D eigenvalue weighted by Gasteiger charge is 2.10. The maximum absolute atomic E-state index is 11.6. The van der Waals surface area contributed by atoms with E-state index < -0.39 is 10.8 Å². The van der Waals surface area contributed by atoms with Crippen molar-refractivity contribution in [1.82, 2.24) is 19.9 Å². The first-order valence-electron chi connectivity index (χ1n) is 13.8. The van der Waals surface area contributed by atoms with Gasteiger partial charge in [-0.1, -0.05) is 36.0 Å². The van der Waals surface area contributed by atoms with Crippen LogP contribution in [0.25, 0.3) is 42.2 Å². The number of rotatable bonds is 6. The van der Waals surface area contributed by atoms with E-state index in [0.717, 1.165) is 69.6 Å². The Hall–Kier alpha value is -4.42. The summed E-state index contributed by atoms with van der Waals surface area (Å²) < 4.78 is 27.5. The van der Waals surface area contributed by atoms with Crippen molar-refractivity contribution in [1.29, 1.82) is 0 Å². The Morgan fingerprint density at radius 1 is 0.644 bits per heavy atom. The van der Waals surface area contributed by atoms with Gasteiger partial charge in [0, 0.05) is 41.6 Å². The Balaban J connectivity index is 0.000000145. The fraction of sp³-hybridized carbons (Fsp3) is 0.0588. The van der Waals surface area contributed by atoms with Crippen LogP contribution >= 0.6 is 34.4 Å². The number of thioether (sulfide) groups is 1. The molecule has 11 heteroatoms. The topological polar surface area (TPSA) is 87.1 Å². The molecule has 222 valence electrons. The number of aromatic nitrogens is 4. The zero-order valence-corrected chi connectivity index (χ0v) is 27.3. The van der Waals surface area contributed by atoms with Crippen molar-refractivity contribution in [3.63, 3.8) is 0 Å². The minimum Gasteiger partial charge on any atom is -0.457 e. The number of pyridine rings is 2. The molecule has 4 aromatic heterocycles. The van der Waals surface area contributed by atoms with Gasteiger partial charge < -0.3 is 9.47 Å². The van der Waals surface area contributed by atoms with Crippen LogP contribution in [-0.4, -0.2) is 36.7 Å². The summed E-state index contributed by atoms with van der Waals surface area (Å²) in [6.45, 7) is 0. The first kappa shape index (κ1) is 29.3.